The number of rotatable bonds is 9. The molecule has 12 heterocycles. The number of para-hydroxylation sites is 6. The molecule has 0 saturated heterocycles. The average Bonchev–Trinajstić information content (AvgIpc) is 1.60. The Kier molecular flexibility index (Phi) is 15.6. The Bertz CT molecular complexity index is 6630. The maximum absolute atomic E-state index is 4.79. The van der Waals surface area contributed by atoms with Gasteiger partial charge in [-0.05, 0) is 228 Å². The monoisotopic (exact) mass is 1460 g/mol. The predicted molar refractivity (Wildman–Crippen MR) is 468 cm³/mol. The fraction of sp³-hybridized carbons (Fsp3) is 0. The first-order valence-electron chi connectivity index (χ1n) is 38.2. The third-order valence-corrected chi connectivity index (χ3v) is 22.4. The highest BCUT2D eigenvalue weighted by Gasteiger charge is 2.22. The van der Waals surface area contributed by atoms with Crippen molar-refractivity contribution in [1.82, 2.24) is 57.3 Å². The molecule has 0 spiro atoms. The predicted octanol–water partition coefficient (Wildman–Crippen LogP) is 25.0. The molecule has 0 amide bonds. The molecule has 0 radical (unpaired) electrons. The van der Waals surface area contributed by atoms with Crippen molar-refractivity contribution >= 4 is 131 Å². The molecule has 114 heavy (non-hydrogen) atoms. The second-order valence-corrected chi connectivity index (χ2v) is 28.7. The molecule has 12 heteroatoms. The Morgan fingerprint density at radius 3 is 0.833 bits per heavy atom. The van der Waals surface area contributed by atoms with Crippen LogP contribution < -0.4 is 0 Å². The first-order chi connectivity index (χ1) is 56.6. The summed E-state index contributed by atoms with van der Waals surface area (Å²) < 4.78 is 13.8. The Labute approximate surface area is 653 Å². The lowest BCUT2D eigenvalue weighted by Gasteiger charge is -2.09. The third kappa shape index (κ3) is 10.8. The molecule has 0 fully saturated rings. The molecule has 534 valence electrons. The summed E-state index contributed by atoms with van der Waals surface area (Å²) in [4.78, 5) is 27.3. The Morgan fingerprint density at radius 1 is 0.158 bits per heavy atom. The van der Waals surface area contributed by atoms with Crippen LogP contribution in [-0.2, 0) is 0 Å². The van der Waals surface area contributed by atoms with E-state index in [-0.39, 0.29) is 0 Å². The number of fused-ring (bicyclic) bond motifs is 18. The van der Waals surface area contributed by atoms with E-state index in [1.807, 2.05) is 92.3 Å². The van der Waals surface area contributed by atoms with Crippen molar-refractivity contribution in [2.24, 2.45) is 0 Å². The molecule has 0 aliphatic heterocycles. The van der Waals surface area contributed by atoms with Gasteiger partial charge in [0, 0.05) is 143 Å². The van der Waals surface area contributed by atoms with Gasteiger partial charge >= 0.3 is 0 Å². The average molecular weight is 1460 g/mol. The van der Waals surface area contributed by atoms with E-state index >= 15 is 0 Å². The fourth-order valence-corrected chi connectivity index (χ4v) is 17.3. The number of hydrogen-bond acceptors (Lipinski definition) is 6. The highest BCUT2D eigenvalue weighted by molar-refractivity contribution is 6.16. The third-order valence-electron chi connectivity index (χ3n) is 22.4. The van der Waals surface area contributed by atoms with E-state index in [9.17, 15) is 0 Å². The summed E-state index contributed by atoms with van der Waals surface area (Å²) >= 11 is 0. The van der Waals surface area contributed by atoms with Crippen LogP contribution in [0.15, 0.2) is 402 Å². The van der Waals surface area contributed by atoms with Gasteiger partial charge in [0.15, 0.2) is 0 Å². The van der Waals surface area contributed by atoms with E-state index in [2.05, 4.69) is 357 Å². The normalized spacial score (nSPS) is 11.7. The number of benzene rings is 12. The first kappa shape index (κ1) is 65.4. The van der Waals surface area contributed by atoms with Gasteiger partial charge in [0.2, 0.25) is 0 Å². The lowest BCUT2D eigenvalue weighted by Crippen LogP contribution is -1.94. The molecule has 0 N–H and O–H groups in total. The molecule has 0 saturated carbocycles. The van der Waals surface area contributed by atoms with Crippen molar-refractivity contribution in [1.29, 1.82) is 0 Å². The molecular weight excluding hydrogens is 1390 g/mol. The minimum absolute atomic E-state index is 0.971. The zero-order chi connectivity index (χ0) is 75.2. The number of aromatic nitrogens is 12. The molecule has 12 nitrogen and oxygen atoms in total. The second-order valence-electron chi connectivity index (χ2n) is 28.7. The highest BCUT2D eigenvalue weighted by atomic mass is 15.1. The van der Waals surface area contributed by atoms with Gasteiger partial charge in [-0.1, -0.05) is 146 Å². The fourth-order valence-electron chi connectivity index (χ4n) is 17.3. The van der Waals surface area contributed by atoms with Gasteiger partial charge in [-0.25, -0.2) is 4.98 Å². The van der Waals surface area contributed by atoms with Gasteiger partial charge in [-0.2, -0.15) is 0 Å². The van der Waals surface area contributed by atoms with Gasteiger partial charge in [-0.15, -0.1) is 0 Å². The molecule has 24 rings (SSSR count). The molecule has 0 unspecified atom stereocenters. The smallest absolute Gasteiger partial charge is 0.145 e. The Morgan fingerprint density at radius 2 is 0.439 bits per heavy atom. The minimum atomic E-state index is 0.971. The standard InChI is InChI=1S/3C34H22N4/c1-3-8-25(9-4-1)37-31-15-13-24(21-29(31)30-22-35-19-17-33(30)37)23-14-16-32-28(20-23)27-12-7-18-36-34(27)38(32)26-10-5-2-6-11-26;1-3-8-25(9-4-1)37-31-16-14-24(21-29(31)34-32(37)12-7-18-36-34)23-13-15-30-28(20-23)27-17-19-35-22-33(27)38(30)26-10-5-2-6-11-26;1-3-7-25(8-4-1)37-32-14-12-24(20-29(32)30-21-35-18-16-33(30)37)23-11-13-31-28(19-23)27-15-17-36-22-34(27)38(31)26-9-5-2-6-10-26/h3*1-22H. The molecule has 12 aromatic carbocycles. The molecule has 24 aromatic rings. The minimum Gasteiger partial charge on any atom is -0.309 e. The number of pyridine rings is 6. The summed E-state index contributed by atoms with van der Waals surface area (Å²) in [6.45, 7) is 0. The summed E-state index contributed by atoms with van der Waals surface area (Å²) in [5.74, 6) is 0. The Hall–Kier alpha value is -15.7. The zero-order valence-electron chi connectivity index (χ0n) is 61.5. The summed E-state index contributed by atoms with van der Waals surface area (Å²) in [5, 5.41) is 13.0. The summed E-state index contributed by atoms with van der Waals surface area (Å²) in [7, 11) is 0. The van der Waals surface area contributed by atoms with E-state index in [1.54, 1.807) is 0 Å². The van der Waals surface area contributed by atoms with Gasteiger partial charge in [0.05, 0.1) is 78.6 Å². The van der Waals surface area contributed by atoms with Gasteiger partial charge < -0.3 is 22.8 Å². The second kappa shape index (κ2) is 27.2. The lowest BCUT2D eigenvalue weighted by molar-refractivity contribution is 1.14. The van der Waals surface area contributed by atoms with E-state index in [4.69, 9.17) is 9.97 Å². The quantitative estimate of drug-likeness (QED) is 0.142. The topological polar surface area (TPSA) is 107 Å². The van der Waals surface area contributed by atoms with Gasteiger partial charge in [-0.3, -0.25) is 29.5 Å². The first-order valence-corrected chi connectivity index (χ1v) is 38.2. The van der Waals surface area contributed by atoms with Crippen LogP contribution in [0.2, 0.25) is 0 Å². The number of nitrogens with zero attached hydrogens (tertiary/aromatic N) is 12. The summed E-state index contributed by atoms with van der Waals surface area (Å²) in [5.41, 5.74) is 28.5. The van der Waals surface area contributed by atoms with Crippen LogP contribution in [0.3, 0.4) is 0 Å². The van der Waals surface area contributed by atoms with Crippen molar-refractivity contribution in [3.63, 3.8) is 0 Å². The molecule has 0 aliphatic rings. The summed E-state index contributed by atoms with van der Waals surface area (Å²) in [6.07, 6.45) is 19.1. The molecule has 0 aliphatic carbocycles. The van der Waals surface area contributed by atoms with Gasteiger partial charge in [0.25, 0.3) is 0 Å². The van der Waals surface area contributed by atoms with E-state index in [0.29, 0.717) is 0 Å². The van der Waals surface area contributed by atoms with E-state index in [0.717, 1.165) is 105 Å². The summed E-state index contributed by atoms with van der Waals surface area (Å²) in [6, 6.07) is 120. The van der Waals surface area contributed by atoms with Crippen molar-refractivity contribution in [3.8, 4) is 67.5 Å². The van der Waals surface area contributed by atoms with Crippen LogP contribution >= 0.6 is 0 Å². The maximum atomic E-state index is 4.79. The lowest BCUT2D eigenvalue weighted by atomic mass is 10.0. The van der Waals surface area contributed by atoms with Crippen LogP contribution in [0.4, 0.5) is 0 Å². The maximum Gasteiger partial charge on any atom is 0.145 e. The van der Waals surface area contributed by atoms with Crippen molar-refractivity contribution in [2.45, 2.75) is 0 Å². The van der Waals surface area contributed by atoms with Crippen molar-refractivity contribution in [3.05, 3.63) is 402 Å². The SMILES string of the molecule is c1ccc(-n2c3ccc(-c4ccc5c(c4)c4ncccc4n5-c4ccccc4)cc3c3ccncc32)cc1.c1ccc(-n2c3ccncc3c3cc(-c4ccc5c(c4)c4cccnc4n5-c4ccccc4)ccc32)cc1.c1ccc(-n2c3ccncc3c3cc(-c4ccc5c(c4)c4ccncc4n5-c4ccccc4)ccc32)cc1. The highest BCUT2D eigenvalue weighted by Crippen LogP contribution is 2.43. The molecule has 12 aromatic heterocycles. The largest absolute Gasteiger partial charge is 0.309 e. The van der Waals surface area contributed by atoms with Crippen molar-refractivity contribution < 1.29 is 0 Å². The number of hydrogen-bond donors (Lipinski definition) is 0. The van der Waals surface area contributed by atoms with Crippen LogP contribution in [0.1, 0.15) is 0 Å². The van der Waals surface area contributed by atoms with Crippen LogP contribution in [-0.4, -0.2) is 57.3 Å². The van der Waals surface area contributed by atoms with Gasteiger partial charge in [0.1, 0.15) is 5.65 Å². The molecule has 0 bridgehead atoms. The Balaban J connectivity index is 0.000000104. The van der Waals surface area contributed by atoms with Crippen LogP contribution in [0, 0.1) is 0 Å². The van der Waals surface area contributed by atoms with Crippen LogP contribution in [0.5, 0.6) is 0 Å². The zero-order valence-corrected chi connectivity index (χ0v) is 61.5. The van der Waals surface area contributed by atoms with Crippen molar-refractivity contribution in [2.75, 3.05) is 0 Å². The van der Waals surface area contributed by atoms with Crippen LogP contribution in [0.25, 0.3) is 199 Å². The van der Waals surface area contributed by atoms with E-state index < -0.39 is 0 Å². The van der Waals surface area contributed by atoms with E-state index in [1.165, 1.54) is 93.2 Å². The molecule has 0 atom stereocenters. The molecular formula is C102H66N12.